The molecule has 3 aliphatic heterocycles. The monoisotopic (exact) mass is 583 g/mol. The summed E-state index contributed by atoms with van der Waals surface area (Å²) in [6.45, 7) is 17.3. The Morgan fingerprint density at radius 3 is 2.47 bits per heavy atom. The van der Waals surface area contributed by atoms with E-state index in [4.69, 9.17) is 14.2 Å². The lowest BCUT2D eigenvalue weighted by Gasteiger charge is -2.65. The van der Waals surface area contributed by atoms with E-state index in [9.17, 15) is 9.90 Å². The molecule has 0 unspecified atom stereocenters. The van der Waals surface area contributed by atoms with Crippen LogP contribution in [0.5, 0.6) is 0 Å². The molecular weight excluding hydrogens is 538 g/mol. The molecule has 1 saturated heterocycles. The van der Waals surface area contributed by atoms with E-state index in [0.717, 1.165) is 25.7 Å². The van der Waals surface area contributed by atoms with Crippen LogP contribution in [0.3, 0.4) is 0 Å². The normalized spacial score (nSPS) is 44.1. The lowest BCUT2D eigenvalue weighted by Crippen LogP contribution is -2.69. The molecule has 1 spiro atoms. The van der Waals surface area contributed by atoms with Gasteiger partial charge >= 0.3 is 0 Å². The number of ether oxygens (including phenoxy) is 3. The first-order valence-electron chi connectivity index (χ1n) is 16.4. The van der Waals surface area contributed by atoms with Gasteiger partial charge in [-0.05, 0) is 126 Å². The number of aromatic nitrogens is 1. The van der Waals surface area contributed by atoms with Crippen LogP contribution in [-0.2, 0) is 37.3 Å². The zero-order valence-electron chi connectivity index (χ0n) is 26.9. The van der Waals surface area contributed by atoms with Crippen molar-refractivity contribution in [1.82, 2.24) is 4.98 Å². The second kappa shape index (κ2) is 7.41. The van der Waals surface area contributed by atoms with Gasteiger partial charge < -0.3 is 24.3 Å². The minimum Gasteiger partial charge on any atom is -0.385 e. The van der Waals surface area contributed by atoms with Crippen molar-refractivity contribution < 1.29 is 24.1 Å². The number of nitrogens with one attached hydrogen (secondary N) is 1. The van der Waals surface area contributed by atoms with Crippen molar-refractivity contribution in [2.45, 2.75) is 134 Å². The number of carbonyl (C=O) groups is 1. The molecule has 4 aliphatic carbocycles. The molecule has 0 amide bonds. The van der Waals surface area contributed by atoms with E-state index in [2.05, 4.69) is 64.7 Å². The van der Waals surface area contributed by atoms with Gasteiger partial charge in [0.05, 0.1) is 16.8 Å². The quantitative estimate of drug-likeness (QED) is 0.372. The molecule has 9 rings (SSSR count). The third-order valence-electron chi connectivity index (χ3n) is 13.5. The van der Waals surface area contributed by atoms with Crippen molar-refractivity contribution in [3.8, 4) is 0 Å². The molecule has 2 aromatic rings. The topological polar surface area (TPSA) is 80.8 Å². The van der Waals surface area contributed by atoms with Crippen LogP contribution >= 0.6 is 0 Å². The minimum atomic E-state index is -1.20. The number of H-pyrrole nitrogens is 1. The van der Waals surface area contributed by atoms with Crippen molar-refractivity contribution in [2.75, 3.05) is 0 Å². The summed E-state index contributed by atoms with van der Waals surface area (Å²) in [6.07, 6.45) is 8.34. The van der Waals surface area contributed by atoms with Crippen LogP contribution < -0.4 is 0 Å². The maximum atomic E-state index is 13.3. The van der Waals surface area contributed by atoms with Gasteiger partial charge in [0.15, 0.2) is 17.7 Å². The highest BCUT2D eigenvalue weighted by molar-refractivity contribution is 5.97. The maximum absolute atomic E-state index is 13.3. The van der Waals surface area contributed by atoms with Crippen molar-refractivity contribution in [1.29, 1.82) is 0 Å². The van der Waals surface area contributed by atoms with Gasteiger partial charge in [0, 0.05) is 45.3 Å². The summed E-state index contributed by atoms with van der Waals surface area (Å²) in [7, 11) is 0. The SMILES string of the molecule is CC1(C)C=C2c3cc4[nH]c5c(c4cc3C[C@H]2C(C)(C)O1)C[C@@H]1CC[C@@]2(O)C3=CC(=O)[C@@H]4O[C@@]3(CC[C@]2(C)[C@@]51C)OC4(C)C. The van der Waals surface area contributed by atoms with Gasteiger partial charge in [-0.2, -0.15) is 0 Å². The summed E-state index contributed by atoms with van der Waals surface area (Å²) in [5.74, 6) is -0.330. The first-order valence-corrected chi connectivity index (χ1v) is 16.4. The molecule has 1 aromatic carbocycles. The maximum Gasteiger partial charge on any atom is 0.195 e. The van der Waals surface area contributed by atoms with Gasteiger partial charge in [-0.3, -0.25) is 4.79 Å². The Hall–Kier alpha value is -2.25. The number of hydrogen-bond donors (Lipinski definition) is 2. The molecule has 7 aliphatic rings. The third kappa shape index (κ3) is 2.94. The molecule has 3 fully saturated rings. The van der Waals surface area contributed by atoms with E-state index in [1.54, 1.807) is 6.08 Å². The molecule has 228 valence electrons. The number of benzene rings is 1. The number of aliphatic hydroxyl groups is 1. The first kappa shape index (κ1) is 27.1. The zero-order valence-corrected chi connectivity index (χ0v) is 26.9. The van der Waals surface area contributed by atoms with Crippen LogP contribution in [0.25, 0.3) is 16.5 Å². The summed E-state index contributed by atoms with van der Waals surface area (Å²) in [5, 5.41) is 14.2. The van der Waals surface area contributed by atoms with Gasteiger partial charge in [0.1, 0.15) is 5.60 Å². The Kier molecular flexibility index (Phi) is 4.67. The van der Waals surface area contributed by atoms with Gasteiger partial charge in [0.25, 0.3) is 0 Å². The smallest absolute Gasteiger partial charge is 0.195 e. The Labute approximate surface area is 254 Å². The molecule has 43 heavy (non-hydrogen) atoms. The molecule has 6 heteroatoms. The second-order valence-electron chi connectivity index (χ2n) is 16.9. The van der Waals surface area contributed by atoms with Crippen molar-refractivity contribution >= 4 is 22.3 Å². The fourth-order valence-electron chi connectivity index (χ4n) is 11.4. The summed E-state index contributed by atoms with van der Waals surface area (Å²) < 4.78 is 19.5. The molecule has 6 nitrogen and oxygen atoms in total. The highest BCUT2D eigenvalue weighted by Gasteiger charge is 2.75. The van der Waals surface area contributed by atoms with Gasteiger partial charge in [-0.15, -0.1) is 0 Å². The van der Waals surface area contributed by atoms with Crippen LogP contribution in [0.1, 0.15) is 103 Å². The number of hydrogen-bond acceptors (Lipinski definition) is 5. The lowest BCUT2D eigenvalue weighted by molar-refractivity contribution is -0.247. The van der Waals surface area contributed by atoms with E-state index < -0.39 is 28.5 Å². The first-order chi connectivity index (χ1) is 19.9. The van der Waals surface area contributed by atoms with Crippen LogP contribution in [0, 0.1) is 17.3 Å². The summed E-state index contributed by atoms with van der Waals surface area (Å²) in [4.78, 5) is 17.3. The molecule has 2 bridgehead atoms. The Balaban J connectivity index is 1.18. The molecular formula is C37H45NO5. The molecule has 7 atom stereocenters. The average molecular weight is 584 g/mol. The predicted molar refractivity (Wildman–Crippen MR) is 165 cm³/mol. The van der Waals surface area contributed by atoms with E-state index in [1.807, 2.05) is 13.8 Å². The zero-order chi connectivity index (χ0) is 30.3. The summed E-state index contributed by atoms with van der Waals surface area (Å²) in [6, 6.07) is 4.85. The Bertz CT molecular complexity index is 1740. The molecule has 0 radical (unpaired) electrons. The number of ketones is 1. The Morgan fingerprint density at radius 1 is 0.930 bits per heavy atom. The van der Waals surface area contributed by atoms with Crippen LogP contribution in [0.4, 0.5) is 0 Å². The average Bonchev–Trinajstić information content (AvgIpc) is 3.58. The van der Waals surface area contributed by atoms with Crippen molar-refractivity contribution in [3.63, 3.8) is 0 Å². The highest BCUT2D eigenvalue weighted by Crippen LogP contribution is 2.72. The van der Waals surface area contributed by atoms with E-state index in [0.29, 0.717) is 30.3 Å². The fourth-order valence-corrected chi connectivity index (χ4v) is 11.4. The van der Waals surface area contributed by atoms with E-state index >= 15 is 0 Å². The van der Waals surface area contributed by atoms with E-state index in [1.165, 1.54) is 38.9 Å². The number of aromatic amines is 1. The predicted octanol–water partition coefficient (Wildman–Crippen LogP) is 6.47. The number of fused-ring (bicyclic) bond motifs is 12. The minimum absolute atomic E-state index is 0.0857. The molecule has 2 saturated carbocycles. The highest BCUT2D eigenvalue weighted by atomic mass is 16.8. The summed E-state index contributed by atoms with van der Waals surface area (Å²) >= 11 is 0. The lowest BCUT2D eigenvalue weighted by atomic mass is 9.42. The van der Waals surface area contributed by atoms with Crippen molar-refractivity contribution in [3.05, 3.63) is 52.2 Å². The molecule has 1 aromatic heterocycles. The van der Waals surface area contributed by atoms with E-state index in [-0.39, 0.29) is 22.4 Å². The fraction of sp³-hybridized carbons (Fsp3) is 0.649. The number of rotatable bonds is 0. The van der Waals surface area contributed by atoms with Crippen LogP contribution in [0.2, 0.25) is 0 Å². The van der Waals surface area contributed by atoms with Gasteiger partial charge in [-0.1, -0.05) is 13.8 Å². The molecule has 2 N–H and O–H groups in total. The van der Waals surface area contributed by atoms with Gasteiger partial charge in [0.2, 0.25) is 0 Å². The van der Waals surface area contributed by atoms with Crippen molar-refractivity contribution in [2.24, 2.45) is 17.3 Å². The molecule has 4 heterocycles. The largest absolute Gasteiger partial charge is 0.385 e. The number of carbonyl (C=O) groups excluding carboxylic acids is 1. The summed E-state index contributed by atoms with van der Waals surface area (Å²) in [5.41, 5.74) is 5.50. The van der Waals surface area contributed by atoms with Gasteiger partial charge in [-0.25, -0.2) is 0 Å². The second-order valence-corrected chi connectivity index (χ2v) is 16.9. The Morgan fingerprint density at radius 2 is 1.70 bits per heavy atom. The van der Waals surface area contributed by atoms with Crippen LogP contribution in [0.15, 0.2) is 29.9 Å². The van der Waals surface area contributed by atoms with Crippen LogP contribution in [-0.4, -0.2) is 50.2 Å². The third-order valence-corrected chi connectivity index (χ3v) is 13.5. The standard InChI is InChI=1S/C37H45NO5/c1-31(2)18-24-21-16-26-22(13-19(21)14-25(24)32(3,4)42-31)23-15-20-9-10-36(40)28-17-27(39)30-33(5,6)43-37(28,41-30)12-11-34(36,7)35(20,8)29(23)38-26/h13,16-18,20,25,30,38,40H,9-12,14-15H2,1-8H3/t20-,25+,30-,34+,35+,36+,37-/m0/s1.